The third-order valence-corrected chi connectivity index (χ3v) is 4.39. The molecule has 0 atom stereocenters. The van der Waals surface area contributed by atoms with Gasteiger partial charge in [0.1, 0.15) is 0 Å². The van der Waals surface area contributed by atoms with Crippen LogP contribution in [-0.4, -0.2) is 23.9 Å². The van der Waals surface area contributed by atoms with Crippen molar-refractivity contribution in [1.29, 1.82) is 0 Å². The topological polar surface area (TPSA) is 84.3 Å². The number of rotatable bonds is 4. The minimum Gasteiger partial charge on any atom is -0.325 e. The van der Waals surface area contributed by atoms with Crippen molar-refractivity contribution < 1.29 is 9.72 Å². The number of hydrogen-bond acceptors (Lipinski definition) is 4. The highest BCUT2D eigenvalue weighted by Gasteiger charge is 2.37. The van der Waals surface area contributed by atoms with E-state index < -0.39 is 4.92 Å². The summed E-state index contributed by atoms with van der Waals surface area (Å²) in [6, 6.07) is 4.51. The minimum absolute atomic E-state index is 0.0171. The van der Waals surface area contributed by atoms with Crippen LogP contribution in [0.15, 0.2) is 18.2 Å². The summed E-state index contributed by atoms with van der Waals surface area (Å²) in [6.45, 7) is 5.50. The monoisotopic (exact) mass is 291 g/mol. The molecule has 6 heteroatoms. The van der Waals surface area contributed by atoms with Gasteiger partial charge in [-0.3, -0.25) is 14.9 Å². The largest absolute Gasteiger partial charge is 0.325 e. The van der Waals surface area contributed by atoms with Crippen LogP contribution in [-0.2, 0) is 4.79 Å². The molecule has 0 saturated carbocycles. The Bertz CT molecular complexity index is 551. The van der Waals surface area contributed by atoms with Crippen molar-refractivity contribution >= 4 is 17.3 Å². The van der Waals surface area contributed by atoms with Crippen LogP contribution < -0.4 is 10.6 Å². The molecule has 1 saturated heterocycles. The van der Waals surface area contributed by atoms with Gasteiger partial charge in [0.25, 0.3) is 5.69 Å². The lowest BCUT2D eigenvalue weighted by atomic mass is 9.76. The fraction of sp³-hybridized carbons (Fsp3) is 0.533. The first kappa shape index (κ1) is 15.4. The van der Waals surface area contributed by atoms with E-state index in [4.69, 9.17) is 0 Å². The predicted octanol–water partition coefficient (Wildman–Crippen LogP) is 2.62. The first-order valence-corrected chi connectivity index (χ1v) is 7.26. The van der Waals surface area contributed by atoms with Gasteiger partial charge in [0.15, 0.2) is 0 Å². The quantitative estimate of drug-likeness (QED) is 0.659. The number of benzene rings is 1. The number of non-ortho nitro benzene ring substituents is 1. The zero-order valence-electron chi connectivity index (χ0n) is 12.4. The van der Waals surface area contributed by atoms with Crippen molar-refractivity contribution in [2.24, 2.45) is 5.41 Å². The third kappa shape index (κ3) is 3.21. The fourth-order valence-corrected chi connectivity index (χ4v) is 2.80. The lowest BCUT2D eigenvalue weighted by Gasteiger charge is -2.35. The number of nitrogens with zero attached hydrogens (tertiary/aromatic N) is 1. The summed E-state index contributed by atoms with van der Waals surface area (Å²) in [5.74, 6) is 0.0171. The molecule has 1 aromatic carbocycles. The first-order valence-electron chi connectivity index (χ1n) is 7.26. The van der Waals surface area contributed by atoms with Gasteiger partial charge >= 0.3 is 0 Å². The van der Waals surface area contributed by atoms with Gasteiger partial charge < -0.3 is 10.6 Å². The molecule has 0 aliphatic carbocycles. The summed E-state index contributed by atoms with van der Waals surface area (Å²) in [6.07, 6.45) is 2.44. The highest BCUT2D eigenvalue weighted by Crippen LogP contribution is 2.34. The Hall–Kier alpha value is -1.95. The molecule has 1 fully saturated rings. The molecule has 1 aliphatic rings. The van der Waals surface area contributed by atoms with Crippen LogP contribution in [0.25, 0.3) is 0 Å². The maximum atomic E-state index is 12.6. The van der Waals surface area contributed by atoms with Crippen LogP contribution in [0.1, 0.15) is 31.7 Å². The number of piperidine rings is 1. The maximum Gasteiger partial charge on any atom is 0.269 e. The van der Waals surface area contributed by atoms with E-state index in [0.717, 1.165) is 32.4 Å². The van der Waals surface area contributed by atoms with Crippen molar-refractivity contribution in [3.05, 3.63) is 33.9 Å². The smallest absolute Gasteiger partial charge is 0.269 e. The Balaban J connectivity index is 2.17. The molecule has 21 heavy (non-hydrogen) atoms. The molecule has 0 spiro atoms. The molecule has 1 aromatic rings. The first-order chi connectivity index (χ1) is 9.98. The van der Waals surface area contributed by atoms with Gasteiger partial charge in [-0.15, -0.1) is 0 Å². The van der Waals surface area contributed by atoms with Crippen molar-refractivity contribution in [3.63, 3.8) is 0 Å². The number of carbonyl (C=O) groups is 1. The zero-order valence-corrected chi connectivity index (χ0v) is 12.4. The van der Waals surface area contributed by atoms with Gasteiger partial charge in [-0.25, -0.2) is 0 Å². The van der Waals surface area contributed by atoms with Crippen LogP contribution in [0.2, 0.25) is 0 Å². The SMILES string of the molecule is CCC1(C(=O)Nc2ccc([N+](=O)[O-])cc2C)CCNCC1. The summed E-state index contributed by atoms with van der Waals surface area (Å²) in [5, 5.41) is 17.0. The predicted molar refractivity (Wildman–Crippen MR) is 81.3 cm³/mol. The second-order valence-electron chi connectivity index (χ2n) is 5.59. The van der Waals surface area contributed by atoms with Gasteiger partial charge in [0.2, 0.25) is 5.91 Å². The molecule has 1 amide bonds. The van der Waals surface area contributed by atoms with E-state index in [-0.39, 0.29) is 17.0 Å². The highest BCUT2D eigenvalue weighted by atomic mass is 16.6. The molecular weight excluding hydrogens is 270 g/mol. The lowest BCUT2D eigenvalue weighted by molar-refractivity contribution is -0.384. The van der Waals surface area contributed by atoms with E-state index in [1.165, 1.54) is 12.1 Å². The van der Waals surface area contributed by atoms with Crippen LogP contribution in [0.5, 0.6) is 0 Å². The highest BCUT2D eigenvalue weighted by molar-refractivity contribution is 5.96. The molecule has 0 bridgehead atoms. The van der Waals surface area contributed by atoms with Crippen molar-refractivity contribution in [3.8, 4) is 0 Å². The Labute approximate surface area is 124 Å². The fourth-order valence-electron chi connectivity index (χ4n) is 2.80. The molecule has 1 aliphatic heterocycles. The molecule has 0 radical (unpaired) electrons. The van der Waals surface area contributed by atoms with Crippen molar-refractivity contribution in [2.45, 2.75) is 33.1 Å². The Kier molecular flexibility index (Phi) is 4.57. The Morgan fingerprint density at radius 3 is 2.62 bits per heavy atom. The van der Waals surface area contributed by atoms with Gasteiger partial charge in [-0.05, 0) is 50.9 Å². The van der Waals surface area contributed by atoms with E-state index in [2.05, 4.69) is 10.6 Å². The van der Waals surface area contributed by atoms with E-state index in [9.17, 15) is 14.9 Å². The third-order valence-electron chi connectivity index (χ3n) is 4.39. The Morgan fingerprint density at radius 1 is 1.43 bits per heavy atom. The van der Waals surface area contributed by atoms with E-state index in [1.54, 1.807) is 13.0 Å². The number of aryl methyl sites for hydroxylation is 1. The van der Waals surface area contributed by atoms with Crippen LogP contribution in [0.3, 0.4) is 0 Å². The molecule has 114 valence electrons. The summed E-state index contributed by atoms with van der Waals surface area (Å²) in [4.78, 5) is 22.9. The summed E-state index contributed by atoms with van der Waals surface area (Å²) in [7, 11) is 0. The number of amides is 1. The second kappa shape index (κ2) is 6.22. The zero-order chi connectivity index (χ0) is 15.5. The summed E-state index contributed by atoms with van der Waals surface area (Å²) in [5.41, 5.74) is 1.06. The van der Waals surface area contributed by atoms with Crippen LogP contribution in [0, 0.1) is 22.5 Å². The van der Waals surface area contributed by atoms with Gasteiger partial charge in [-0.2, -0.15) is 0 Å². The van der Waals surface area contributed by atoms with Crippen LogP contribution in [0.4, 0.5) is 11.4 Å². The lowest BCUT2D eigenvalue weighted by Crippen LogP contribution is -2.44. The molecule has 0 aromatic heterocycles. The number of anilines is 1. The molecule has 0 unspecified atom stereocenters. The number of nitro benzene ring substituents is 1. The normalized spacial score (nSPS) is 17.2. The molecule has 6 nitrogen and oxygen atoms in total. The number of hydrogen-bond donors (Lipinski definition) is 2. The molecule has 2 N–H and O–H groups in total. The Morgan fingerprint density at radius 2 is 2.10 bits per heavy atom. The number of nitro groups is 1. The molecular formula is C15H21N3O3. The van der Waals surface area contributed by atoms with E-state index in [1.807, 2.05) is 6.92 Å². The van der Waals surface area contributed by atoms with Gasteiger partial charge in [-0.1, -0.05) is 6.92 Å². The number of carbonyl (C=O) groups excluding carboxylic acids is 1. The van der Waals surface area contributed by atoms with Crippen LogP contribution >= 0.6 is 0 Å². The van der Waals surface area contributed by atoms with E-state index in [0.29, 0.717) is 11.3 Å². The summed E-state index contributed by atoms with van der Waals surface area (Å²) >= 11 is 0. The van der Waals surface area contributed by atoms with E-state index >= 15 is 0 Å². The van der Waals surface area contributed by atoms with Crippen molar-refractivity contribution in [1.82, 2.24) is 5.32 Å². The second-order valence-corrected chi connectivity index (χ2v) is 5.59. The van der Waals surface area contributed by atoms with Gasteiger partial charge in [0.05, 0.1) is 10.3 Å². The average Bonchev–Trinajstić information content (AvgIpc) is 2.49. The van der Waals surface area contributed by atoms with Crippen molar-refractivity contribution in [2.75, 3.05) is 18.4 Å². The molecule has 2 rings (SSSR count). The molecule has 1 heterocycles. The minimum atomic E-state index is -0.432. The van der Waals surface area contributed by atoms with Gasteiger partial charge in [0, 0.05) is 17.8 Å². The maximum absolute atomic E-state index is 12.6. The number of nitrogens with one attached hydrogen (secondary N) is 2. The summed E-state index contributed by atoms with van der Waals surface area (Å²) < 4.78 is 0. The average molecular weight is 291 g/mol. The standard InChI is InChI=1S/C15H21N3O3/c1-3-15(6-8-16-9-7-15)14(19)17-13-5-4-12(18(20)21)10-11(13)2/h4-5,10,16H,3,6-9H2,1-2H3,(H,17,19).